The molecule has 0 saturated carbocycles. The number of halogens is 1. The van der Waals surface area contributed by atoms with E-state index in [9.17, 15) is 13.2 Å². The first kappa shape index (κ1) is 17.8. The van der Waals surface area contributed by atoms with Gasteiger partial charge >= 0.3 is 0 Å². The van der Waals surface area contributed by atoms with Gasteiger partial charge in [0.15, 0.2) is 0 Å². The molecule has 2 aromatic carbocycles. The molecule has 0 bridgehead atoms. The van der Waals surface area contributed by atoms with E-state index in [1.165, 1.54) is 13.2 Å². The van der Waals surface area contributed by atoms with Crippen molar-refractivity contribution in [3.05, 3.63) is 46.9 Å². The zero-order valence-corrected chi connectivity index (χ0v) is 15.9. The van der Waals surface area contributed by atoms with Crippen molar-refractivity contribution in [1.82, 2.24) is 0 Å². The quantitative estimate of drug-likeness (QED) is 0.797. The smallest absolute Gasteiger partial charge is 0.263 e. The molecule has 0 spiro atoms. The van der Waals surface area contributed by atoms with Gasteiger partial charge in [-0.15, -0.1) is 0 Å². The molecule has 1 saturated heterocycles. The molecule has 2 aromatic rings. The first-order valence-electron chi connectivity index (χ1n) is 7.68. The third kappa shape index (κ3) is 3.64. The second-order valence-corrected chi connectivity index (χ2v) is 8.08. The maximum Gasteiger partial charge on any atom is 0.263 e. The van der Waals surface area contributed by atoms with E-state index >= 15 is 0 Å². The van der Waals surface area contributed by atoms with Gasteiger partial charge in [0, 0.05) is 23.5 Å². The van der Waals surface area contributed by atoms with Crippen LogP contribution < -0.4 is 14.4 Å². The Kier molecular flexibility index (Phi) is 5.01. The van der Waals surface area contributed by atoms with E-state index in [0.29, 0.717) is 34.6 Å². The Morgan fingerprint density at radius 2 is 1.96 bits per heavy atom. The number of hydrogen-bond donors (Lipinski definition) is 1. The van der Waals surface area contributed by atoms with Crippen LogP contribution in [0.15, 0.2) is 51.8 Å². The molecule has 1 aliphatic heterocycles. The minimum Gasteiger partial charge on any atom is -0.494 e. The van der Waals surface area contributed by atoms with Gasteiger partial charge < -0.3 is 9.64 Å². The SMILES string of the molecule is COc1cc(NS(=O)(=O)c2ccccc2Br)ccc1N1CCCC1=O. The van der Waals surface area contributed by atoms with Crippen molar-refractivity contribution < 1.29 is 17.9 Å². The van der Waals surface area contributed by atoms with Gasteiger partial charge in [-0.3, -0.25) is 9.52 Å². The zero-order chi connectivity index (χ0) is 18.0. The first-order chi connectivity index (χ1) is 11.9. The molecular weight excluding hydrogens is 408 g/mol. The average Bonchev–Trinajstić information content (AvgIpc) is 3.00. The lowest BCUT2D eigenvalue weighted by atomic mass is 10.2. The summed E-state index contributed by atoms with van der Waals surface area (Å²) in [6.07, 6.45) is 1.32. The number of methoxy groups -OCH3 is 1. The van der Waals surface area contributed by atoms with Gasteiger partial charge in [0.05, 0.1) is 18.5 Å². The number of carbonyl (C=O) groups excluding carboxylic acids is 1. The second-order valence-electron chi connectivity index (χ2n) is 5.57. The second kappa shape index (κ2) is 7.05. The van der Waals surface area contributed by atoms with Crippen LogP contribution in [0.3, 0.4) is 0 Å². The Labute approximate surface area is 155 Å². The highest BCUT2D eigenvalue weighted by molar-refractivity contribution is 9.10. The third-order valence-electron chi connectivity index (χ3n) is 3.92. The lowest BCUT2D eigenvalue weighted by molar-refractivity contribution is -0.117. The van der Waals surface area contributed by atoms with Crippen molar-refractivity contribution in [1.29, 1.82) is 0 Å². The molecule has 1 heterocycles. The number of nitrogens with one attached hydrogen (secondary N) is 1. The average molecular weight is 425 g/mol. The number of carbonyl (C=O) groups is 1. The van der Waals surface area contributed by atoms with E-state index < -0.39 is 10.0 Å². The van der Waals surface area contributed by atoms with Gasteiger partial charge in [-0.25, -0.2) is 8.42 Å². The number of rotatable bonds is 5. The van der Waals surface area contributed by atoms with Crippen LogP contribution in [0.2, 0.25) is 0 Å². The van der Waals surface area contributed by atoms with E-state index in [0.717, 1.165) is 6.42 Å². The molecule has 0 aliphatic carbocycles. The molecule has 6 nitrogen and oxygen atoms in total. The molecule has 1 aliphatic rings. The predicted molar refractivity (Wildman–Crippen MR) is 99.5 cm³/mol. The van der Waals surface area contributed by atoms with Crippen LogP contribution >= 0.6 is 15.9 Å². The van der Waals surface area contributed by atoms with Gasteiger partial charge in [0.25, 0.3) is 10.0 Å². The topological polar surface area (TPSA) is 75.7 Å². The van der Waals surface area contributed by atoms with Crippen molar-refractivity contribution in [2.75, 3.05) is 23.3 Å². The van der Waals surface area contributed by atoms with Crippen LogP contribution in [-0.4, -0.2) is 28.0 Å². The molecule has 1 N–H and O–H groups in total. The summed E-state index contributed by atoms with van der Waals surface area (Å²) in [7, 11) is -2.25. The van der Waals surface area contributed by atoms with Crippen molar-refractivity contribution in [2.45, 2.75) is 17.7 Å². The normalized spacial score (nSPS) is 14.6. The number of nitrogens with zero attached hydrogens (tertiary/aromatic N) is 1. The fraction of sp³-hybridized carbons (Fsp3) is 0.235. The van der Waals surface area contributed by atoms with Crippen LogP contribution in [0.1, 0.15) is 12.8 Å². The van der Waals surface area contributed by atoms with Gasteiger partial charge in [0.2, 0.25) is 5.91 Å². The van der Waals surface area contributed by atoms with Crippen LogP contribution in [0, 0.1) is 0 Å². The van der Waals surface area contributed by atoms with E-state index in [-0.39, 0.29) is 10.8 Å². The molecular formula is C17H17BrN2O4S. The highest BCUT2D eigenvalue weighted by Gasteiger charge is 2.25. The number of ether oxygens (including phenoxy) is 1. The standard InChI is InChI=1S/C17H17BrN2O4S/c1-24-15-11-12(8-9-14(15)20-10-4-7-17(20)21)19-25(22,23)16-6-3-2-5-13(16)18/h2-3,5-6,8-9,11,19H,4,7,10H2,1H3. The molecule has 8 heteroatoms. The van der Waals surface area contributed by atoms with Crippen molar-refractivity contribution in [2.24, 2.45) is 0 Å². The minimum absolute atomic E-state index is 0.0415. The maximum absolute atomic E-state index is 12.6. The van der Waals surface area contributed by atoms with E-state index in [1.54, 1.807) is 41.3 Å². The molecule has 0 aromatic heterocycles. The molecule has 1 fully saturated rings. The summed E-state index contributed by atoms with van der Waals surface area (Å²) in [6, 6.07) is 11.5. The Morgan fingerprint density at radius 1 is 1.20 bits per heavy atom. The zero-order valence-electron chi connectivity index (χ0n) is 13.5. The highest BCUT2D eigenvalue weighted by atomic mass is 79.9. The summed E-state index contributed by atoms with van der Waals surface area (Å²) in [6.45, 7) is 0.636. The van der Waals surface area contributed by atoms with Crippen molar-refractivity contribution in [3.63, 3.8) is 0 Å². The number of sulfonamides is 1. The molecule has 25 heavy (non-hydrogen) atoms. The number of hydrogen-bond acceptors (Lipinski definition) is 4. The summed E-state index contributed by atoms with van der Waals surface area (Å²) in [5.74, 6) is 0.488. The first-order valence-corrected chi connectivity index (χ1v) is 9.96. The van der Waals surface area contributed by atoms with E-state index in [4.69, 9.17) is 4.74 Å². The van der Waals surface area contributed by atoms with Crippen LogP contribution in [0.25, 0.3) is 0 Å². The monoisotopic (exact) mass is 424 g/mol. The Bertz CT molecular complexity index is 915. The minimum atomic E-state index is -3.74. The number of amides is 1. The predicted octanol–water partition coefficient (Wildman–Crippen LogP) is 3.39. The number of anilines is 2. The molecule has 132 valence electrons. The lowest BCUT2D eigenvalue weighted by Gasteiger charge is -2.20. The Hall–Kier alpha value is -2.06. The van der Waals surface area contributed by atoms with Gasteiger partial charge in [0.1, 0.15) is 10.6 Å². The summed E-state index contributed by atoms with van der Waals surface area (Å²) in [5, 5.41) is 0. The highest BCUT2D eigenvalue weighted by Crippen LogP contribution is 2.34. The largest absolute Gasteiger partial charge is 0.494 e. The fourth-order valence-corrected chi connectivity index (χ4v) is 4.79. The maximum atomic E-state index is 12.6. The molecule has 0 atom stereocenters. The summed E-state index contributed by atoms with van der Waals surface area (Å²) in [4.78, 5) is 13.7. The number of benzene rings is 2. The van der Waals surface area contributed by atoms with Gasteiger partial charge in [-0.05, 0) is 46.6 Å². The molecule has 0 unspecified atom stereocenters. The van der Waals surface area contributed by atoms with E-state index in [2.05, 4.69) is 20.7 Å². The van der Waals surface area contributed by atoms with Gasteiger partial charge in [-0.2, -0.15) is 0 Å². The van der Waals surface area contributed by atoms with Crippen molar-refractivity contribution in [3.8, 4) is 5.75 Å². The van der Waals surface area contributed by atoms with E-state index in [1.807, 2.05) is 0 Å². The molecule has 3 rings (SSSR count). The Balaban J connectivity index is 1.91. The third-order valence-corrected chi connectivity index (χ3v) is 6.32. The van der Waals surface area contributed by atoms with Crippen LogP contribution in [0.4, 0.5) is 11.4 Å². The Morgan fingerprint density at radius 3 is 2.60 bits per heavy atom. The molecule has 0 radical (unpaired) electrons. The summed E-state index contributed by atoms with van der Waals surface area (Å²) < 4.78 is 33.5. The fourth-order valence-electron chi connectivity index (χ4n) is 2.74. The van der Waals surface area contributed by atoms with Crippen molar-refractivity contribution >= 4 is 43.2 Å². The molecule has 1 amide bonds. The summed E-state index contributed by atoms with van der Waals surface area (Å²) >= 11 is 3.25. The van der Waals surface area contributed by atoms with Crippen LogP contribution in [-0.2, 0) is 14.8 Å². The lowest BCUT2D eigenvalue weighted by Crippen LogP contribution is -2.24. The van der Waals surface area contributed by atoms with Gasteiger partial charge in [-0.1, -0.05) is 12.1 Å². The van der Waals surface area contributed by atoms with Crippen LogP contribution in [0.5, 0.6) is 5.75 Å². The summed E-state index contributed by atoms with van der Waals surface area (Å²) in [5.41, 5.74) is 1.01.